The summed E-state index contributed by atoms with van der Waals surface area (Å²) in [5, 5.41) is 6.19. The third-order valence-electron chi connectivity index (χ3n) is 3.51. The number of amides is 1. The fraction of sp³-hybridized carbons (Fsp3) is 0.368. The molecule has 1 unspecified atom stereocenters. The number of hydrogen-bond donors (Lipinski definition) is 2. The number of aromatic nitrogens is 1. The van der Waals surface area contributed by atoms with Crippen molar-refractivity contribution >= 4 is 17.3 Å². The van der Waals surface area contributed by atoms with Gasteiger partial charge in [0.2, 0.25) is 0 Å². The van der Waals surface area contributed by atoms with Gasteiger partial charge in [-0.2, -0.15) is 0 Å². The van der Waals surface area contributed by atoms with Crippen LogP contribution in [0.5, 0.6) is 5.75 Å². The van der Waals surface area contributed by atoms with Crippen LogP contribution in [0.3, 0.4) is 0 Å². The summed E-state index contributed by atoms with van der Waals surface area (Å²) < 4.78 is 5.62. The maximum Gasteiger partial charge on any atom is 0.253 e. The predicted octanol–water partition coefficient (Wildman–Crippen LogP) is 4.14. The lowest BCUT2D eigenvalue weighted by Gasteiger charge is -2.13. The number of anilines is 2. The van der Waals surface area contributed by atoms with Gasteiger partial charge in [0, 0.05) is 17.9 Å². The average Bonchev–Trinajstić information content (AvgIpc) is 2.56. The summed E-state index contributed by atoms with van der Waals surface area (Å²) in [6, 6.07) is 9.63. The van der Waals surface area contributed by atoms with Crippen molar-refractivity contribution in [1.29, 1.82) is 0 Å². The van der Waals surface area contributed by atoms with Crippen molar-refractivity contribution in [3.05, 3.63) is 48.3 Å². The zero-order valence-electron chi connectivity index (χ0n) is 14.7. The molecule has 5 nitrogen and oxygen atoms in total. The van der Waals surface area contributed by atoms with Crippen molar-refractivity contribution in [1.82, 2.24) is 10.3 Å². The molecule has 0 bridgehead atoms. The van der Waals surface area contributed by atoms with Gasteiger partial charge in [0.1, 0.15) is 5.75 Å². The molecule has 2 N–H and O–H groups in total. The van der Waals surface area contributed by atoms with Gasteiger partial charge >= 0.3 is 0 Å². The molecule has 1 atom stereocenters. The molecule has 24 heavy (non-hydrogen) atoms. The zero-order chi connectivity index (χ0) is 17.5. The highest BCUT2D eigenvalue weighted by atomic mass is 16.5. The standard InChI is InChI=1S/C19H25N3O2/c1-5-14(4)21-19(23)15-10-17(12-20-11-15)22-16-6-8-18(9-7-16)24-13(2)3/h6-14,22H,5H2,1-4H3,(H,21,23). The zero-order valence-corrected chi connectivity index (χ0v) is 14.7. The van der Waals surface area contributed by atoms with Crippen molar-refractivity contribution in [3.63, 3.8) is 0 Å². The average molecular weight is 327 g/mol. The van der Waals surface area contributed by atoms with Crippen molar-refractivity contribution in [2.45, 2.75) is 46.3 Å². The second-order valence-corrected chi connectivity index (χ2v) is 6.06. The smallest absolute Gasteiger partial charge is 0.253 e. The van der Waals surface area contributed by atoms with Gasteiger partial charge in [-0.25, -0.2) is 0 Å². The van der Waals surface area contributed by atoms with E-state index in [1.807, 2.05) is 52.0 Å². The number of pyridine rings is 1. The first-order valence-corrected chi connectivity index (χ1v) is 8.27. The van der Waals surface area contributed by atoms with Crippen LogP contribution in [0.4, 0.5) is 11.4 Å². The van der Waals surface area contributed by atoms with Gasteiger partial charge in [0.05, 0.1) is 23.6 Å². The first kappa shape index (κ1) is 17.8. The number of nitrogens with one attached hydrogen (secondary N) is 2. The van der Waals surface area contributed by atoms with E-state index in [9.17, 15) is 4.79 Å². The second-order valence-electron chi connectivity index (χ2n) is 6.06. The molecule has 0 aliphatic rings. The first-order chi connectivity index (χ1) is 11.5. The van der Waals surface area contributed by atoms with Crippen LogP contribution in [0.25, 0.3) is 0 Å². The summed E-state index contributed by atoms with van der Waals surface area (Å²) in [5.41, 5.74) is 2.22. The van der Waals surface area contributed by atoms with Gasteiger partial charge < -0.3 is 15.4 Å². The molecule has 0 saturated carbocycles. The van der Waals surface area contributed by atoms with Gasteiger partial charge in [-0.05, 0) is 57.5 Å². The monoisotopic (exact) mass is 327 g/mol. The van der Waals surface area contributed by atoms with Crippen molar-refractivity contribution in [2.75, 3.05) is 5.32 Å². The van der Waals surface area contributed by atoms with Gasteiger partial charge in [-0.3, -0.25) is 9.78 Å². The molecule has 0 saturated heterocycles. The largest absolute Gasteiger partial charge is 0.491 e. The van der Waals surface area contributed by atoms with Gasteiger partial charge in [0.25, 0.3) is 5.91 Å². The Morgan fingerprint density at radius 3 is 2.46 bits per heavy atom. The molecule has 128 valence electrons. The fourth-order valence-electron chi connectivity index (χ4n) is 2.10. The summed E-state index contributed by atoms with van der Waals surface area (Å²) in [7, 11) is 0. The third-order valence-corrected chi connectivity index (χ3v) is 3.51. The topological polar surface area (TPSA) is 63.2 Å². The summed E-state index contributed by atoms with van der Waals surface area (Å²) >= 11 is 0. The maximum absolute atomic E-state index is 12.2. The van der Waals surface area contributed by atoms with Gasteiger partial charge in [-0.1, -0.05) is 6.92 Å². The molecule has 1 aromatic carbocycles. The van der Waals surface area contributed by atoms with E-state index in [2.05, 4.69) is 15.6 Å². The maximum atomic E-state index is 12.2. The van der Waals surface area contributed by atoms with E-state index >= 15 is 0 Å². The van der Waals surface area contributed by atoms with Crippen molar-refractivity contribution in [2.24, 2.45) is 0 Å². The normalized spacial score (nSPS) is 11.9. The van der Waals surface area contributed by atoms with E-state index in [0.29, 0.717) is 5.56 Å². The van der Waals surface area contributed by atoms with Crippen LogP contribution in [0.2, 0.25) is 0 Å². The molecule has 1 aromatic heterocycles. The molecular formula is C19H25N3O2. The number of nitrogens with zero attached hydrogens (tertiary/aromatic N) is 1. The Morgan fingerprint density at radius 1 is 1.12 bits per heavy atom. The molecule has 2 rings (SSSR count). The molecule has 0 aliphatic heterocycles. The molecule has 0 radical (unpaired) electrons. The van der Waals surface area contributed by atoms with Crippen LogP contribution in [-0.2, 0) is 0 Å². The minimum atomic E-state index is -0.110. The molecular weight excluding hydrogens is 302 g/mol. The Labute approximate surface area is 143 Å². The highest BCUT2D eigenvalue weighted by Crippen LogP contribution is 2.21. The summed E-state index contributed by atoms with van der Waals surface area (Å²) in [6.07, 6.45) is 4.30. The molecule has 0 spiro atoms. The minimum Gasteiger partial charge on any atom is -0.491 e. The van der Waals surface area contributed by atoms with Gasteiger partial charge in [0.15, 0.2) is 0 Å². The number of carbonyl (C=O) groups is 1. The van der Waals surface area contributed by atoms with Crippen LogP contribution >= 0.6 is 0 Å². The van der Waals surface area contributed by atoms with E-state index in [1.54, 1.807) is 18.5 Å². The summed E-state index contributed by atoms with van der Waals surface area (Å²) in [5.74, 6) is 0.719. The third kappa shape index (κ3) is 5.26. The van der Waals surface area contributed by atoms with Crippen LogP contribution in [-0.4, -0.2) is 23.0 Å². The Kier molecular flexibility index (Phi) is 6.18. The van der Waals surface area contributed by atoms with E-state index in [1.165, 1.54) is 0 Å². The summed E-state index contributed by atoms with van der Waals surface area (Å²) in [4.78, 5) is 16.3. The number of ether oxygens (including phenoxy) is 1. The Morgan fingerprint density at radius 2 is 1.83 bits per heavy atom. The number of rotatable bonds is 7. The first-order valence-electron chi connectivity index (χ1n) is 8.27. The lowest BCUT2D eigenvalue weighted by atomic mass is 10.2. The van der Waals surface area contributed by atoms with E-state index < -0.39 is 0 Å². The Balaban J connectivity index is 2.05. The number of hydrogen-bond acceptors (Lipinski definition) is 4. The van der Waals surface area contributed by atoms with Crippen molar-refractivity contribution in [3.8, 4) is 5.75 Å². The van der Waals surface area contributed by atoms with Gasteiger partial charge in [-0.15, -0.1) is 0 Å². The summed E-state index contributed by atoms with van der Waals surface area (Å²) in [6.45, 7) is 8.00. The van der Waals surface area contributed by atoms with E-state index in [0.717, 1.165) is 23.5 Å². The van der Waals surface area contributed by atoms with Crippen LogP contribution < -0.4 is 15.4 Å². The fourth-order valence-corrected chi connectivity index (χ4v) is 2.10. The van der Waals surface area contributed by atoms with Crippen LogP contribution in [0.1, 0.15) is 44.5 Å². The molecule has 0 aliphatic carbocycles. The Hall–Kier alpha value is -2.56. The van der Waals surface area contributed by atoms with E-state index in [-0.39, 0.29) is 18.1 Å². The molecule has 1 amide bonds. The predicted molar refractivity (Wildman–Crippen MR) is 96.9 cm³/mol. The molecule has 5 heteroatoms. The second kappa shape index (κ2) is 8.34. The number of benzene rings is 1. The lowest BCUT2D eigenvalue weighted by Crippen LogP contribution is -2.31. The highest BCUT2D eigenvalue weighted by molar-refractivity contribution is 5.95. The molecule has 0 fully saturated rings. The van der Waals surface area contributed by atoms with E-state index in [4.69, 9.17) is 4.74 Å². The minimum absolute atomic E-state index is 0.110. The highest BCUT2D eigenvalue weighted by Gasteiger charge is 2.09. The van der Waals surface area contributed by atoms with Crippen LogP contribution in [0.15, 0.2) is 42.7 Å². The molecule has 1 heterocycles. The lowest BCUT2D eigenvalue weighted by molar-refractivity contribution is 0.0939. The SMILES string of the molecule is CCC(C)NC(=O)c1cncc(Nc2ccc(OC(C)C)cc2)c1. The molecule has 2 aromatic rings. The Bertz CT molecular complexity index is 669. The van der Waals surface area contributed by atoms with Crippen molar-refractivity contribution < 1.29 is 9.53 Å². The van der Waals surface area contributed by atoms with Crippen LogP contribution in [0, 0.1) is 0 Å². The number of carbonyl (C=O) groups excluding carboxylic acids is 1. The quantitative estimate of drug-likeness (QED) is 0.802.